The van der Waals surface area contributed by atoms with Crippen LogP contribution in [0.25, 0.3) is 0 Å². The Morgan fingerprint density at radius 1 is 1.35 bits per heavy atom. The summed E-state index contributed by atoms with van der Waals surface area (Å²) in [5.74, 6) is -1.69. The third-order valence-corrected chi connectivity index (χ3v) is 3.91. The number of likely N-dealkylation sites (tertiary alicyclic amines) is 1. The first-order valence-electron chi connectivity index (χ1n) is 5.83. The maximum atomic E-state index is 12.0. The smallest absolute Gasteiger partial charge is 0.303 e. The van der Waals surface area contributed by atoms with Crippen LogP contribution >= 0.6 is 0 Å². The van der Waals surface area contributed by atoms with Crippen molar-refractivity contribution in [2.75, 3.05) is 6.54 Å². The standard InChI is InChI=1S/C12H17NO4/c1-6(4-7(14)15)5-13-10(16)8-9(11(13)17)12(8,2)3/h6,8-9H,4-5H2,1-3H3,(H,14,15). The van der Waals surface area contributed by atoms with Crippen molar-refractivity contribution < 1.29 is 19.5 Å². The summed E-state index contributed by atoms with van der Waals surface area (Å²) in [5, 5.41) is 8.65. The summed E-state index contributed by atoms with van der Waals surface area (Å²) < 4.78 is 0. The van der Waals surface area contributed by atoms with E-state index in [0.717, 1.165) is 0 Å². The topological polar surface area (TPSA) is 74.7 Å². The molecule has 0 aromatic rings. The average molecular weight is 239 g/mol. The quantitative estimate of drug-likeness (QED) is 0.734. The Kier molecular flexibility index (Phi) is 2.52. The molecule has 0 bridgehead atoms. The molecule has 1 aliphatic heterocycles. The predicted octanol–water partition coefficient (Wildman–Crippen LogP) is 0.738. The SMILES string of the molecule is CC(CC(=O)O)CN1C(=O)C2C(C1=O)C2(C)C. The van der Waals surface area contributed by atoms with Crippen molar-refractivity contribution in [1.82, 2.24) is 4.90 Å². The lowest BCUT2D eigenvalue weighted by molar-refractivity contribution is -0.145. The van der Waals surface area contributed by atoms with Crippen LogP contribution in [0.2, 0.25) is 0 Å². The van der Waals surface area contributed by atoms with E-state index < -0.39 is 5.97 Å². The number of fused-ring (bicyclic) bond motifs is 1. The van der Waals surface area contributed by atoms with Crippen LogP contribution in [0.3, 0.4) is 0 Å². The number of aliphatic carboxylic acids is 1. The summed E-state index contributed by atoms with van der Waals surface area (Å²) in [6.07, 6.45) is -0.0181. The summed E-state index contributed by atoms with van der Waals surface area (Å²) in [6, 6.07) is 0. The number of carbonyl (C=O) groups excluding carboxylic acids is 2. The number of carbonyl (C=O) groups is 3. The van der Waals surface area contributed by atoms with Crippen LogP contribution in [-0.2, 0) is 14.4 Å². The van der Waals surface area contributed by atoms with E-state index in [9.17, 15) is 14.4 Å². The van der Waals surface area contributed by atoms with Gasteiger partial charge in [-0.05, 0) is 11.3 Å². The van der Waals surface area contributed by atoms with Crippen LogP contribution in [0.15, 0.2) is 0 Å². The average Bonchev–Trinajstić information content (AvgIpc) is 2.64. The number of carboxylic acids is 1. The molecule has 0 spiro atoms. The molecule has 2 aliphatic rings. The highest BCUT2D eigenvalue weighted by Gasteiger charge is 2.72. The molecule has 1 saturated heterocycles. The van der Waals surface area contributed by atoms with Crippen molar-refractivity contribution in [2.24, 2.45) is 23.2 Å². The van der Waals surface area contributed by atoms with Crippen LogP contribution in [0.4, 0.5) is 0 Å². The fourth-order valence-electron chi connectivity index (χ4n) is 2.86. The van der Waals surface area contributed by atoms with E-state index in [2.05, 4.69) is 0 Å². The van der Waals surface area contributed by atoms with Gasteiger partial charge in [-0.15, -0.1) is 0 Å². The Balaban J connectivity index is 1.99. The molecule has 1 N–H and O–H groups in total. The summed E-state index contributed by atoms with van der Waals surface area (Å²) in [7, 11) is 0. The zero-order valence-electron chi connectivity index (χ0n) is 10.3. The molecule has 0 aromatic heterocycles. The van der Waals surface area contributed by atoms with Gasteiger partial charge in [0.05, 0.1) is 11.8 Å². The van der Waals surface area contributed by atoms with Gasteiger partial charge in [-0.25, -0.2) is 0 Å². The van der Waals surface area contributed by atoms with Gasteiger partial charge in [-0.2, -0.15) is 0 Å². The fourth-order valence-corrected chi connectivity index (χ4v) is 2.86. The highest BCUT2D eigenvalue weighted by molar-refractivity contribution is 6.10. The maximum absolute atomic E-state index is 12.0. The molecule has 2 amide bonds. The molecule has 0 radical (unpaired) electrons. The monoisotopic (exact) mass is 239 g/mol. The lowest BCUT2D eigenvalue weighted by Gasteiger charge is -2.23. The molecular weight excluding hydrogens is 222 g/mol. The number of nitrogens with zero attached hydrogens (tertiary/aromatic N) is 1. The van der Waals surface area contributed by atoms with Crippen molar-refractivity contribution >= 4 is 17.8 Å². The molecule has 5 nitrogen and oxygen atoms in total. The minimum atomic E-state index is -0.901. The summed E-state index contributed by atoms with van der Waals surface area (Å²) in [6.45, 7) is 5.82. The lowest BCUT2D eigenvalue weighted by Crippen LogP contribution is -2.39. The highest BCUT2D eigenvalue weighted by Crippen LogP contribution is 2.63. The van der Waals surface area contributed by atoms with Crippen LogP contribution in [0.1, 0.15) is 27.2 Å². The van der Waals surface area contributed by atoms with E-state index in [1.807, 2.05) is 13.8 Å². The third kappa shape index (κ3) is 1.73. The van der Waals surface area contributed by atoms with Gasteiger partial charge in [0.15, 0.2) is 0 Å². The normalized spacial score (nSPS) is 31.4. The number of carboxylic acid groups (broad SMARTS) is 1. The Bertz CT molecular complexity index is 377. The fraction of sp³-hybridized carbons (Fsp3) is 0.750. The van der Waals surface area contributed by atoms with Gasteiger partial charge < -0.3 is 5.11 Å². The predicted molar refractivity (Wildman–Crippen MR) is 58.9 cm³/mol. The van der Waals surface area contributed by atoms with E-state index in [4.69, 9.17) is 5.11 Å². The van der Waals surface area contributed by atoms with Crippen LogP contribution < -0.4 is 0 Å². The molecule has 3 unspecified atom stereocenters. The van der Waals surface area contributed by atoms with E-state index in [0.29, 0.717) is 0 Å². The summed E-state index contributed by atoms with van der Waals surface area (Å²) >= 11 is 0. The van der Waals surface area contributed by atoms with Crippen molar-refractivity contribution in [3.05, 3.63) is 0 Å². The van der Waals surface area contributed by atoms with E-state index in [1.54, 1.807) is 6.92 Å². The van der Waals surface area contributed by atoms with Crippen LogP contribution in [-0.4, -0.2) is 34.3 Å². The second-order valence-corrected chi connectivity index (χ2v) is 5.77. The Labute approximate surface area is 99.8 Å². The molecule has 1 aliphatic carbocycles. The number of hydrogen-bond acceptors (Lipinski definition) is 3. The minimum absolute atomic E-state index is 0.0181. The van der Waals surface area contributed by atoms with Gasteiger partial charge in [0.2, 0.25) is 11.8 Å². The summed E-state index contributed by atoms with van der Waals surface area (Å²) in [4.78, 5) is 35.7. The van der Waals surface area contributed by atoms with Crippen LogP contribution in [0.5, 0.6) is 0 Å². The zero-order chi connectivity index (χ0) is 13.0. The van der Waals surface area contributed by atoms with Crippen molar-refractivity contribution in [3.8, 4) is 0 Å². The Morgan fingerprint density at radius 2 is 1.82 bits per heavy atom. The summed E-state index contributed by atoms with van der Waals surface area (Å²) in [5.41, 5.74) is -0.194. The van der Waals surface area contributed by atoms with E-state index >= 15 is 0 Å². The van der Waals surface area contributed by atoms with E-state index in [-0.39, 0.29) is 47.9 Å². The van der Waals surface area contributed by atoms with Gasteiger partial charge in [0.25, 0.3) is 0 Å². The molecule has 94 valence electrons. The first-order valence-corrected chi connectivity index (χ1v) is 5.83. The molecule has 5 heteroatoms. The molecular formula is C12H17NO4. The molecule has 2 fully saturated rings. The molecule has 1 heterocycles. The number of amides is 2. The van der Waals surface area contributed by atoms with Gasteiger partial charge in [0, 0.05) is 13.0 Å². The van der Waals surface area contributed by atoms with Crippen LogP contribution in [0, 0.1) is 23.2 Å². The van der Waals surface area contributed by atoms with Crippen molar-refractivity contribution in [1.29, 1.82) is 0 Å². The first-order chi connectivity index (χ1) is 7.76. The lowest BCUT2D eigenvalue weighted by atomic mass is 10.0. The third-order valence-electron chi connectivity index (χ3n) is 3.91. The molecule has 17 heavy (non-hydrogen) atoms. The van der Waals surface area contributed by atoms with Gasteiger partial charge in [0.1, 0.15) is 0 Å². The second kappa shape index (κ2) is 3.55. The highest BCUT2D eigenvalue weighted by atomic mass is 16.4. The number of rotatable bonds is 4. The Hall–Kier alpha value is -1.39. The molecule has 0 aromatic carbocycles. The zero-order valence-corrected chi connectivity index (χ0v) is 10.3. The second-order valence-electron chi connectivity index (χ2n) is 5.77. The Morgan fingerprint density at radius 3 is 2.24 bits per heavy atom. The molecule has 2 rings (SSSR count). The van der Waals surface area contributed by atoms with Crippen molar-refractivity contribution in [3.63, 3.8) is 0 Å². The van der Waals surface area contributed by atoms with Gasteiger partial charge >= 0.3 is 5.97 Å². The molecule has 3 atom stereocenters. The van der Waals surface area contributed by atoms with Crippen molar-refractivity contribution in [2.45, 2.75) is 27.2 Å². The molecule has 1 saturated carbocycles. The largest absolute Gasteiger partial charge is 0.481 e. The number of piperidine rings is 1. The maximum Gasteiger partial charge on any atom is 0.303 e. The number of hydrogen-bond donors (Lipinski definition) is 1. The first kappa shape index (κ1) is 12.1. The van der Waals surface area contributed by atoms with E-state index in [1.165, 1.54) is 4.90 Å². The number of imide groups is 1. The van der Waals surface area contributed by atoms with Gasteiger partial charge in [-0.3, -0.25) is 19.3 Å². The minimum Gasteiger partial charge on any atom is -0.481 e. The van der Waals surface area contributed by atoms with Gasteiger partial charge in [-0.1, -0.05) is 20.8 Å².